The number of aryl methyl sites for hydroxylation is 2. The Hall–Kier alpha value is -2.93. The number of fused-ring (bicyclic) bond motifs is 1. The van der Waals surface area contributed by atoms with Gasteiger partial charge in [0.15, 0.2) is 0 Å². The molecule has 6 nitrogen and oxygen atoms in total. The Morgan fingerprint density at radius 1 is 1.21 bits per heavy atom. The van der Waals surface area contributed by atoms with Crippen LogP contribution in [0, 0.1) is 18.3 Å². The van der Waals surface area contributed by atoms with Gasteiger partial charge in [-0.15, -0.1) is 11.3 Å². The summed E-state index contributed by atoms with van der Waals surface area (Å²) >= 11 is 1.66. The number of methoxy groups -OCH3 is 1. The molecule has 0 bridgehead atoms. The molecule has 3 aromatic rings. The largest absolute Gasteiger partial charge is 0.496 e. The summed E-state index contributed by atoms with van der Waals surface area (Å²) < 4.78 is 6.53. The second kappa shape index (κ2) is 8.78. The van der Waals surface area contributed by atoms with Crippen LogP contribution in [0.3, 0.4) is 0 Å². The lowest BCUT2D eigenvalue weighted by Gasteiger charge is -2.33. The van der Waals surface area contributed by atoms with Crippen molar-refractivity contribution in [3.63, 3.8) is 0 Å². The van der Waals surface area contributed by atoms with Gasteiger partial charge in [0.05, 0.1) is 22.3 Å². The molecule has 1 saturated carbocycles. The van der Waals surface area contributed by atoms with Crippen LogP contribution in [0.15, 0.2) is 42.5 Å². The summed E-state index contributed by atoms with van der Waals surface area (Å²) in [5.41, 5.74) is 2.86. The Balaban J connectivity index is 1.12. The molecule has 0 unspecified atom stereocenters. The van der Waals surface area contributed by atoms with Crippen LogP contribution >= 0.6 is 11.3 Å². The molecular formula is C26H29N3O3S. The number of anilines is 1. The quantitative estimate of drug-likeness (QED) is 0.569. The first-order valence-corrected chi connectivity index (χ1v) is 12.4. The van der Waals surface area contributed by atoms with Crippen molar-refractivity contribution in [2.24, 2.45) is 11.3 Å². The zero-order valence-electron chi connectivity index (χ0n) is 19.1. The van der Waals surface area contributed by atoms with Gasteiger partial charge in [-0.2, -0.15) is 0 Å². The highest BCUT2D eigenvalue weighted by Crippen LogP contribution is 2.59. The van der Waals surface area contributed by atoms with Gasteiger partial charge in [-0.25, -0.2) is 4.98 Å². The molecule has 172 valence electrons. The molecule has 1 spiro atoms. The van der Waals surface area contributed by atoms with Crippen LogP contribution in [0.25, 0.3) is 10.2 Å². The SMILES string of the molecule is COc1ccccc1CCC(=O)N1CCC2(CC1)C[C@@H]2C(=O)Nc1ccc2sc(C)nc2c1. The van der Waals surface area contributed by atoms with Gasteiger partial charge in [-0.1, -0.05) is 18.2 Å². The summed E-state index contributed by atoms with van der Waals surface area (Å²) in [7, 11) is 1.66. The smallest absolute Gasteiger partial charge is 0.228 e. The van der Waals surface area contributed by atoms with Crippen molar-refractivity contribution in [1.29, 1.82) is 0 Å². The average Bonchev–Trinajstić information content (AvgIpc) is 3.39. The minimum Gasteiger partial charge on any atom is -0.496 e. The number of piperidine rings is 1. The summed E-state index contributed by atoms with van der Waals surface area (Å²) in [5.74, 6) is 1.15. The number of benzene rings is 2. The van der Waals surface area contributed by atoms with Crippen molar-refractivity contribution in [3.8, 4) is 5.75 Å². The highest BCUT2D eigenvalue weighted by atomic mass is 32.1. The van der Waals surface area contributed by atoms with Crippen LogP contribution in [0.2, 0.25) is 0 Å². The minimum absolute atomic E-state index is 0.0381. The molecule has 2 aliphatic rings. The lowest BCUT2D eigenvalue weighted by Crippen LogP contribution is -2.40. The number of ether oxygens (including phenoxy) is 1. The van der Waals surface area contributed by atoms with Crippen molar-refractivity contribution in [2.45, 2.75) is 39.0 Å². The Bertz CT molecular complexity index is 1200. The fraction of sp³-hybridized carbons (Fsp3) is 0.423. The molecule has 2 aromatic carbocycles. The van der Waals surface area contributed by atoms with Crippen LogP contribution in [0.5, 0.6) is 5.75 Å². The van der Waals surface area contributed by atoms with E-state index in [1.807, 2.05) is 54.3 Å². The number of hydrogen-bond donors (Lipinski definition) is 1. The number of hydrogen-bond acceptors (Lipinski definition) is 5. The van der Waals surface area contributed by atoms with Crippen LogP contribution in [-0.4, -0.2) is 41.9 Å². The molecule has 7 heteroatoms. The number of carbonyl (C=O) groups is 2. The first-order valence-electron chi connectivity index (χ1n) is 11.6. The molecule has 1 N–H and O–H groups in total. The molecule has 1 aliphatic carbocycles. The maximum absolute atomic E-state index is 12.9. The molecule has 2 fully saturated rings. The Labute approximate surface area is 198 Å². The van der Waals surface area contributed by atoms with Gasteiger partial charge in [0.25, 0.3) is 0 Å². The van der Waals surface area contributed by atoms with Crippen molar-refractivity contribution in [3.05, 3.63) is 53.0 Å². The number of para-hydroxylation sites is 1. The third kappa shape index (κ3) is 4.47. The Morgan fingerprint density at radius 3 is 2.79 bits per heavy atom. The van der Waals surface area contributed by atoms with E-state index in [1.165, 1.54) is 0 Å². The van der Waals surface area contributed by atoms with E-state index in [0.29, 0.717) is 12.8 Å². The average molecular weight is 464 g/mol. The topological polar surface area (TPSA) is 71.5 Å². The van der Waals surface area contributed by atoms with Crippen LogP contribution < -0.4 is 10.1 Å². The lowest BCUT2D eigenvalue weighted by molar-refractivity contribution is -0.132. The maximum Gasteiger partial charge on any atom is 0.228 e. The Kier molecular flexibility index (Phi) is 5.83. The molecule has 33 heavy (non-hydrogen) atoms. The second-order valence-corrected chi connectivity index (χ2v) is 10.5. The zero-order valence-corrected chi connectivity index (χ0v) is 19.9. The normalized spacial score (nSPS) is 19.0. The number of amides is 2. The molecule has 5 rings (SSSR count). The van der Waals surface area contributed by atoms with E-state index in [0.717, 1.165) is 64.6 Å². The molecule has 0 radical (unpaired) electrons. The number of rotatable bonds is 6. The molecule has 1 atom stereocenters. The Morgan fingerprint density at radius 2 is 2.00 bits per heavy atom. The fourth-order valence-electron chi connectivity index (χ4n) is 5.13. The van der Waals surface area contributed by atoms with Gasteiger partial charge in [0.2, 0.25) is 11.8 Å². The van der Waals surface area contributed by atoms with E-state index >= 15 is 0 Å². The third-order valence-electron chi connectivity index (χ3n) is 7.18. The van der Waals surface area contributed by atoms with Crippen LogP contribution in [-0.2, 0) is 16.0 Å². The van der Waals surface area contributed by atoms with Crippen LogP contribution in [0.4, 0.5) is 5.69 Å². The summed E-state index contributed by atoms with van der Waals surface area (Å²) in [6, 6.07) is 13.8. The van der Waals surface area contributed by atoms with Gasteiger partial charge < -0.3 is 15.0 Å². The summed E-state index contributed by atoms with van der Waals surface area (Å²) in [4.78, 5) is 32.2. The fourth-order valence-corrected chi connectivity index (χ4v) is 5.94. The predicted octanol–water partition coefficient (Wildman–Crippen LogP) is 4.81. The van der Waals surface area contributed by atoms with E-state index in [9.17, 15) is 9.59 Å². The number of aromatic nitrogens is 1. The van der Waals surface area contributed by atoms with Gasteiger partial charge in [-0.05, 0) is 67.9 Å². The summed E-state index contributed by atoms with van der Waals surface area (Å²) in [5, 5.41) is 4.12. The van der Waals surface area contributed by atoms with Gasteiger partial charge in [-0.3, -0.25) is 9.59 Å². The van der Waals surface area contributed by atoms with Crippen LogP contribution in [0.1, 0.15) is 36.3 Å². The molecule has 1 saturated heterocycles. The standard InChI is InChI=1S/C26H29N3O3S/c1-17-27-21-15-19(8-9-23(21)33-17)28-25(31)20-16-26(20)11-13-29(14-12-26)24(30)10-7-18-5-3-4-6-22(18)32-2/h3-6,8-9,15,20H,7,10-14,16H2,1-2H3,(H,28,31)/t20-/m1/s1. The summed E-state index contributed by atoms with van der Waals surface area (Å²) in [6.07, 6.45) is 3.87. The number of nitrogens with one attached hydrogen (secondary N) is 1. The first-order chi connectivity index (χ1) is 16.0. The van der Waals surface area contributed by atoms with Crippen molar-refractivity contribution >= 4 is 39.1 Å². The summed E-state index contributed by atoms with van der Waals surface area (Å²) in [6.45, 7) is 3.46. The first kappa shape index (κ1) is 21.9. The zero-order chi connectivity index (χ0) is 23.0. The number of nitrogens with zero attached hydrogens (tertiary/aromatic N) is 2. The van der Waals surface area contributed by atoms with Crippen molar-refractivity contribution in [2.75, 3.05) is 25.5 Å². The molecule has 1 aromatic heterocycles. The number of likely N-dealkylation sites (tertiary alicyclic amines) is 1. The highest BCUT2D eigenvalue weighted by molar-refractivity contribution is 7.18. The predicted molar refractivity (Wildman–Crippen MR) is 131 cm³/mol. The second-order valence-electron chi connectivity index (χ2n) is 9.22. The molecule has 1 aliphatic heterocycles. The van der Waals surface area contributed by atoms with E-state index in [-0.39, 0.29) is 23.1 Å². The molecule has 2 amide bonds. The monoisotopic (exact) mass is 463 g/mol. The van der Waals surface area contributed by atoms with Crippen molar-refractivity contribution in [1.82, 2.24) is 9.88 Å². The van der Waals surface area contributed by atoms with Crippen molar-refractivity contribution < 1.29 is 14.3 Å². The van der Waals surface area contributed by atoms with E-state index < -0.39 is 0 Å². The molecular weight excluding hydrogens is 434 g/mol. The molecule has 2 heterocycles. The van der Waals surface area contributed by atoms with E-state index in [4.69, 9.17) is 4.74 Å². The third-order valence-corrected chi connectivity index (χ3v) is 8.13. The van der Waals surface area contributed by atoms with Gasteiger partial charge in [0.1, 0.15) is 5.75 Å². The van der Waals surface area contributed by atoms with E-state index in [1.54, 1.807) is 18.4 Å². The van der Waals surface area contributed by atoms with Gasteiger partial charge >= 0.3 is 0 Å². The minimum atomic E-state index is 0.0381. The number of thiazole rings is 1. The lowest BCUT2D eigenvalue weighted by atomic mass is 9.90. The van der Waals surface area contributed by atoms with Gasteiger partial charge in [0, 0.05) is 31.1 Å². The highest BCUT2D eigenvalue weighted by Gasteiger charge is 2.58. The van der Waals surface area contributed by atoms with E-state index in [2.05, 4.69) is 10.3 Å². The number of carbonyl (C=O) groups excluding carboxylic acids is 2. The maximum atomic E-state index is 12.9.